The number of hydrogen-bond acceptors (Lipinski definition) is 5. The number of benzene rings is 1. The summed E-state index contributed by atoms with van der Waals surface area (Å²) in [6.07, 6.45) is -0.818. The van der Waals surface area contributed by atoms with Gasteiger partial charge in [-0.1, -0.05) is 18.2 Å². The Hall–Kier alpha value is -3.19. The van der Waals surface area contributed by atoms with Crippen molar-refractivity contribution in [3.63, 3.8) is 0 Å². The van der Waals surface area contributed by atoms with Crippen molar-refractivity contribution in [2.45, 2.75) is 56.9 Å². The van der Waals surface area contributed by atoms with E-state index in [1.807, 2.05) is 11.9 Å². The molecule has 204 valence electrons. The second-order valence-corrected chi connectivity index (χ2v) is 10.8. The molecule has 2 aliphatic rings. The van der Waals surface area contributed by atoms with Crippen molar-refractivity contribution in [2.24, 2.45) is 11.8 Å². The van der Waals surface area contributed by atoms with E-state index in [0.29, 0.717) is 48.0 Å². The molecule has 1 aromatic heterocycles. The minimum atomic E-state index is -4.55. The third-order valence-electron chi connectivity index (χ3n) is 7.58. The molecule has 10 heteroatoms. The number of anilines is 1. The van der Waals surface area contributed by atoms with Crippen molar-refractivity contribution in [1.82, 2.24) is 15.2 Å². The van der Waals surface area contributed by atoms with E-state index in [1.165, 1.54) is 0 Å². The molecule has 1 saturated carbocycles. The number of piperidine rings is 1. The maximum atomic E-state index is 14.8. The Morgan fingerprint density at radius 1 is 1.29 bits per heavy atom. The first-order chi connectivity index (χ1) is 17.9. The molecule has 1 aliphatic carbocycles. The Kier molecular flexibility index (Phi) is 7.98. The average molecular weight is 532 g/mol. The fraction of sp³-hybridized carbons (Fsp3) is 0.536. The second kappa shape index (κ2) is 10.9. The van der Waals surface area contributed by atoms with E-state index in [-0.39, 0.29) is 36.5 Å². The Morgan fingerprint density at radius 2 is 2.05 bits per heavy atom. The number of hydrogen-bond donors (Lipinski definition) is 2. The van der Waals surface area contributed by atoms with Crippen LogP contribution in [0, 0.1) is 23.2 Å². The smallest absolute Gasteiger partial charge is 0.379 e. The second-order valence-electron chi connectivity index (χ2n) is 10.8. The van der Waals surface area contributed by atoms with E-state index in [0.717, 1.165) is 13.8 Å². The van der Waals surface area contributed by atoms with Gasteiger partial charge in [0.15, 0.2) is 0 Å². The van der Waals surface area contributed by atoms with Gasteiger partial charge in [0.1, 0.15) is 11.6 Å². The zero-order valence-corrected chi connectivity index (χ0v) is 21.8. The number of alkyl halides is 4. The Morgan fingerprint density at radius 3 is 2.74 bits per heavy atom. The Balaban J connectivity index is 1.63. The van der Waals surface area contributed by atoms with Crippen LogP contribution in [0.5, 0.6) is 0 Å². The van der Waals surface area contributed by atoms with Crippen molar-refractivity contribution in [1.29, 1.82) is 5.26 Å². The van der Waals surface area contributed by atoms with Crippen LogP contribution in [0.15, 0.2) is 30.3 Å². The first-order valence-electron chi connectivity index (χ1n) is 12.8. The highest BCUT2D eigenvalue weighted by Crippen LogP contribution is 2.43. The van der Waals surface area contributed by atoms with Crippen LogP contribution in [0.1, 0.15) is 44.5 Å². The van der Waals surface area contributed by atoms with Gasteiger partial charge in [-0.15, -0.1) is 0 Å². The van der Waals surface area contributed by atoms with Crippen LogP contribution in [-0.2, 0) is 10.2 Å². The van der Waals surface area contributed by atoms with Crippen molar-refractivity contribution >= 4 is 28.4 Å². The van der Waals surface area contributed by atoms with E-state index >= 15 is 0 Å². The van der Waals surface area contributed by atoms with Gasteiger partial charge in [0.25, 0.3) is 0 Å². The summed E-state index contributed by atoms with van der Waals surface area (Å²) < 4.78 is 57.1. The van der Waals surface area contributed by atoms with Crippen LogP contribution in [0.25, 0.3) is 16.8 Å². The molecule has 6 nitrogen and oxygen atoms in total. The summed E-state index contributed by atoms with van der Waals surface area (Å²) in [6.45, 7) is 3.39. The summed E-state index contributed by atoms with van der Waals surface area (Å²) in [5.41, 5.74) is -1.49. The molecule has 0 unspecified atom stereocenters. The first-order valence-corrected chi connectivity index (χ1v) is 12.8. The summed E-state index contributed by atoms with van der Waals surface area (Å²) in [5, 5.41) is 15.7. The topological polar surface area (TPSA) is 81.0 Å². The maximum absolute atomic E-state index is 14.8. The first kappa shape index (κ1) is 27.8. The lowest BCUT2D eigenvalue weighted by atomic mass is 9.84. The maximum Gasteiger partial charge on any atom is 0.399 e. The van der Waals surface area contributed by atoms with Crippen LogP contribution in [0.2, 0.25) is 0 Å². The number of halogens is 4. The monoisotopic (exact) mass is 531 g/mol. The highest BCUT2D eigenvalue weighted by atomic mass is 19.4. The van der Waals surface area contributed by atoms with Gasteiger partial charge in [-0.3, -0.25) is 9.78 Å². The summed E-state index contributed by atoms with van der Waals surface area (Å²) in [5.74, 6) is -0.197. The van der Waals surface area contributed by atoms with Gasteiger partial charge in [-0.05, 0) is 57.9 Å². The summed E-state index contributed by atoms with van der Waals surface area (Å²) in [4.78, 5) is 18.5. The van der Waals surface area contributed by atoms with Crippen molar-refractivity contribution in [3.05, 3.63) is 41.7 Å². The van der Waals surface area contributed by atoms with Gasteiger partial charge in [-0.25, -0.2) is 4.39 Å². The van der Waals surface area contributed by atoms with E-state index < -0.39 is 23.8 Å². The number of carbonyl (C=O) groups excluding carboxylic acids is 1. The third-order valence-corrected chi connectivity index (χ3v) is 7.58. The number of nitrogens with one attached hydrogen (secondary N) is 2. The molecule has 1 saturated heterocycles. The van der Waals surface area contributed by atoms with Crippen LogP contribution < -0.4 is 10.6 Å². The number of pyridine rings is 1. The fourth-order valence-corrected chi connectivity index (χ4v) is 4.92. The summed E-state index contributed by atoms with van der Waals surface area (Å²) in [6, 6.07) is 8.33. The van der Waals surface area contributed by atoms with Gasteiger partial charge >= 0.3 is 6.18 Å². The fourth-order valence-electron chi connectivity index (χ4n) is 4.92. The lowest BCUT2D eigenvalue weighted by Crippen LogP contribution is -2.46. The van der Waals surface area contributed by atoms with Crippen molar-refractivity contribution < 1.29 is 22.4 Å². The zero-order valence-electron chi connectivity index (χ0n) is 21.8. The lowest BCUT2D eigenvalue weighted by Gasteiger charge is -2.34. The quantitative estimate of drug-likeness (QED) is 0.458. The SMILES string of the molecule is CN1CC[C@@H](Nc2cccc3c(C(C)(C)C(F)(F)F)nc(/C=C/CNC(=O)[C@H]4C[C@H]4CC#N)cc23)[C@@H](F)C1. The highest BCUT2D eigenvalue weighted by molar-refractivity contribution is 5.97. The number of fused-ring (bicyclic) bond motifs is 1. The molecule has 2 heterocycles. The lowest BCUT2D eigenvalue weighted by molar-refractivity contribution is -0.180. The van der Waals surface area contributed by atoms with Crippen LogP contribution in [-0.4, -0.2) is 60.9 Å². The highest BCUT2D eigenvalue weighted by Gasteiger charge is 2.50. The molecule has 0 bridgehead atoms. The summed E-state index contributed by atoms with van der Waals surface area (Å²) >= 11 is 0. The zero-order chi connectivity index (χ0) is 27.7. The minimum absolute atomic E-state index is 0.0951. The van der Waals surface area contributed by atoms with Crippen LogP contribution >= 0.6 is 0 Å². The predicted molar refractivity (Wildman–Crippen MR) is 139 cm³/mol. The van der Waals surface area contributed by atoms with Crippen LogP contribution in [0.4, 0.5) is 23.2 Å². The molecule has 1 aromatic carbocycles. The number of rotatable bonds is 8. The third kappa shape index (κ3) is 5.93. The minimum Gasteiger partial charge on any atom is -0.379 e. The van der Waals surface area contributed by atoms with Crippen molar-refractivity contribution in [3.8, 4) is 6.07 Å². The summed E-state index contributed by atoms with van der Waals surface area (Å²) in [7, 11) is 1.86. The molecule has 4 atom stereocenters. The number of nitriles is 1. The molecule has 4 rings (SSSR count). The molecule has 1 amide bonds. The molecular formula is C28H33F4N5O. The molecular weight excluding hydrogens is 498 g/mol. The van der Waals surface area contributed by atoms with Gasteiger partial charge < -0.3 is 15.5 Å². The largest absolute Gasteiger partial charge is 0.399 e. The van der Waals surface area contributed by atoms with Crippen molar-refractivity contribution in [2.75, 3.05) is 32.0 Å². The molecule has 2 fully saturated rings. The predicted octanol–water partition coefficient (Wildman–Crippen LogP) is 5.21. The molecule has 0 spiro atoms. The Labute approximate surface area is 220 Å². The van der Waals surface area contributed by atoms with Gasteiger partial charge in [-0.2, -0.15) is 18.4 Å². The van der Waals surface area contributed by atoms with E-state index in [4.69, 9.17) is 5.26 Å². The van der Waals surface area contributed by atoms with Gasteiger partial charge in [0.05, 0.1) is 23.5 Å². The number of aromatic nitrogens is 1. The number of likely N-dealkylation sites (tertiary alicyclic amines) is 1. The number of amides is 1. The Bertz CT molecular complexity index is 1250. The average Bonchev–Trinajstić information content (AvgIpc) is 3.62. The number of carbonyl (C=O) groups is 1. The molecule has 0 radical (unpaired) electrons. The molecule has 38 heavy (non-hydrogen) atoms. The standard InChI is InChI=1S/C28H33F4N5O/c1-27(2,28(30,31)32)25-19-7-4-8-23(36-24-10-13-37(3)16-22(24)29)21(19)15-18(35-25)6-5-12-34-26(38)20-14-17(20)9-11-33/h4-8,15,17,20,22,24,36H,9-10,12-14,16H2,1-3H3,(H,34,38)/b6-5+/t17-,20+,22+,24-/m1/s1. The molecule has 1 aliphatic heterocycles. The van der Waals surface area contributed by atoms with E-state index in [9.17, 15) is 22.4 Å². The number of nitrogens with zero attached hydrogens (tertiary/aromatic N) is 3. The van der Waals surface area contributed by atoms with Gasteiger partial charge in [0.2, 0.25) is 5.91 Å². The van der Waals surface area contributed by atoms with Crippen LogP contribution in [0.3, 0.4) is 0 Å². The molecule has 2 N–H and O–H groups in total. The molecule has 2 aromatic rings. The van der Waals surface area contributed by atoms with Gasteiger partial charge in [0, 0.05) is 48.4 Å². The van der Waals surface area contributed by atoms with E-state index in [1.54, 1.807) is 36.4 Å². The normalized spacial score (nSPS) is 24.4. The van der Waals surface area contributed by atoms with E-state index in [2.05, 4.69) is 21.7 Å².